The lowest BCUT2D eigenvalue weighted by molar-refractivity contribution is 0.0940. The van der Waals surface area contributed by atoms with Gasteiger partial charge in [-0.05, 0) is 30.9 Å². The van der Waals surface area contributed by atoms with E-state index in [2.05, 4.69) is 12.2 Å². The first-order chi connectivity index (χ1) is 8.95. The molecular weight excluding hydrogens is 270 g/mol. The van der Waals surface area contributed by atoms with Crippen molar-refractivity contribution in [1.29, 1.82) is 0 Å². The molecule has 0 fully saturated rings. The summed E-state index contributed by atoms with van der Waals surface area (Å²) >= 11 is 1.78. The Labute approximate surface area is 115 Å². The summed E-state index contributed by atoms with van der Waals surface area (Å²) in [6, 6.07) is 1.61. The summed E-state index contributed by atoms with van der Waals surface area (Å²) in [6.07, 6.45) is 0.813. The summed E-state index contributed by atoms with van der Waals surface area (Å²) in [5.41, 5.74) is 5.42. The Bertz CT molecular complexity index is 455. The van der Waals surface area contributed by atoms with Gasteiger partial charge in [-0.25, -0.2) is 8.78 Å². The predicted molar refractivity (Wildman–Crippen MR) is 75.3 cm³/mol. The van der Waals surface area contributed by atoms with E-state index in [1.807, 2.05) is 6.92 Å². The number of thioether (sulfide) groups is 1. The van der Waals surface area contributed by atoms with Crippen molar-refractivity contribution in [2.45, 2.75) is 26.3 Å². The second kappa shape index (κ2) is 7.33. The van der Waals surface area contributed by atoms with Crippen LogP contribution < -0.4 is 11.1 Å². The van der Waals surface area contributed by atoms with Crippen molar-refractivity contribution in [2.75, 3.05) is 17.2 Å². The van der Waals surface area contributed by atoms with E-state index < -0.39 is 17.5 Å². The third kappa shape index (κ3) is 4.70. The molecule has 6 heteroatoms. The average Bonchev–Trinajstić information content (AvgIpc) is 2.34. The first-order valence-electron chi connectivity index (χ1n) is 6.08. The van der Waals surface area contributed by atoms with E-state index in [0.717, 1.165) is 30.1 Å². The number of nitrogens with two attached hydrogens (primary N) is 1. The Kier molecular flexibility index (Phi) is 6.08. The van der Waals surface area contributed by atoms with E-state index in [1.165, 1.54) is 0 Å². The lowest BCUT2D eigenvalue weighted by atomic mass is 10.1. The molecule has 0 radical (unpaired) electrons. The Morgan fingerprint density at radius 3 is 2.68 bits per heavy atom. The number of nitrogen functional groups attached to an aromatic ring is 1. The number of hydrogen-bond donors (Lipinski definition) is 2. The smallest absolute Gasteiger partial charge is 0.253 e. The maximum atomic E-state index is 13.1. The molecule has 1 aromatic carbocycles. The van der Waals surface area contributed by atoms with Crippen molar-refractivity contribution in [3.05, 3.63) is 29.3 Å². The predicted octanol–water partition coefficient (Wildman–Crippen LogP) is 2.81. The van der Waals surface area contributed by atoms with E-state index in [0.29, 0.717) is 0 Å². The first kappa shape index (κ1) is 15.8. The van der Waals surface area contributed by atoms with E-state index in [-0.39, 0.29) is 17.3 Å². The topological polar surface area (TPSA) is 55.1 Å². The molecule has 3 nitrogen and oxygen atoms in total. The highest BCUT2D eigenvalue weighted by molar-refractivity contribution is 7.99. The Balaban J connectivity index is 2.65. The fourth-order valence-electron chi connectivity index (χ4n) is 1.54. The molecule has 1 rings (SSSR count). The van der Waals surface area contributed by atoms with Crippen LogP contribution in [0.2, 0.25) is 0 Å². The fourth-order valence-corrected chi connectivity index (χ4v) is 2.35. The van der Waals surface area contributed by atoms with Gasteiger partial charge < -0.3 is 11.1 Å². The number of carbonyl (C=O) groups excluding carboxylic acids is 1. The molecule has 0 aromatic heterocycles. The number of nitrogens with one attached hydrogen (secondary N) is 1. The lowest BCUT2D eigenvalue weighted by Crippen LogP contribution is -2.33. The lowest BCUT2D eigenvalue weighted by Gasteiger charge is -2.14. The highest BCUT2D eigenvalue weighted by atomic mass is 32.2. The fraction of sp³-hybridized carbons (Fsp3) is 0.462. The van der Waals surface area contributed by atoms with Crippen LogP contribution in [0.5, 0.6) is 0 Å². The van der Waals surface area contributed by atoms with Crippen LogP contribution in [-0.2, 0) is 0 Å². The second-order valence-electron chi connectivity index (χ2n) is 4.21. The summed E-state index contributed by atoms with van der Waals surface area (Å²) < 4.78 is 26.0. The molecule has 1 atom stereocenters. The van der Waals surface area contributed by atoms with E-state index in [4.69, 9.17) is 5.73 Å². The molecule has 0 aliphatic heterocycles. The summed E-state index contributed by atoms with van der Waals surface area (Å²) in [6.45, 7) is 3.93. The monoisotopic (exact) mass is 288 g/mol. The Morgan fingerprint density at radius 2 is 2.05 bits per heavy atom. The molecule has 19 heavy (non-hydrogen) atoms. The van der Waals surface area contributed by atoms with Gasteiger partial charge in [0.15, 0.2) is 11.6 Å². The minimum Gasteiger partial charge on any atom is -0.398 e. The van der Waals surface area contributed by atoms with Crippen LogP contribution in [0.15, 0.2) is 12.1 Å². The van der Waals surface area contributed by atoms with Crippen LogP contribution in [0.25, 0.3) is 0 Å². The molecule has 0 aliphatic rings. The number of halogens is 2. The van der Waals surface area contributed by atoms with E-state index in [1.54, 1.807) is 11.8 Å². The minimum absolute atomic E-state index is 0.0334. The van der Waals surface area contributed by atoms with Gasteiger partial charge in [-0.15, -0.1) is 0 Å². The van der Waals surface area contributed by atoms with Crippen LogP contribution in [0.4, 0.5) is 14.5 Å². The van der Waals surface area contributed by atoms with Crippen molar-refractivity contribution in [3.63, 3.8) is 0 Å². The molecule has 1 aromatic rings. The van der Waals surface area contributed by atoms with Crippen LogP contribution >= 0.6 is 11.8 Å². The number of rotatable bonds is 6. The Morgan fingerprint density at radius 1 is 1.42 bits per heavy atom. The zero-order chi connectivity index (χ0) is 14.4. The number of anilines is 1. The number of amides is 1. The van der Waals surface area contributed by atoms with Crippen molar-refractivity contribution in [1.82, 2.24) is 5.32 Å². The molecule has 1 amide bonds. The Hall–Kier alpha value is -1.30. The standard InChI is InChI=1S/C13H18F2N2OS/c1-3-19-5-4-8(2)17-13(18)9-6-10(14)11(15)7-12(9)16/h6-8H,3-5,16H2,1-2H3,(H,17,18). The summed E-state index contributed by atoms with van der Waals surface area (Å²) in [5.74, 6) is -0.650. The van der Waals surface area contributed by atoms with Crippen LogP contribution in [0.3, 0.4) is 0 Å². The molecule has 0 saturated heterocycles. The molecule has 0 spiro atoms. The van der Waals surface area contributed by atoms with Gasteiger partial charge in [0.1, 0.15) is 0 Å². The van der Waals surface area contributed by atoms with Gasteiger partial charge in [-0.1, -0.05) is 6.92 Å². The van der Waals surface area contributed by atoms with Crippen molar-refractivity contribution in [2.24, 2.45) is 0 Å². The van der Waals surface area contributed by atoms with Gasteiger partial charge >= 0.3 is 0 Å². The normalized spacial score (nSPS) is 12.2. The zero-order valence-corrected chi connectivity index (χ0v) is 11.8. The second-order valence-corrected chi connectivity index (χ2v) is 5.61. The maximum Gasteiger partial charge on any atom is 0.253 e. The van der Waals surface area contributed by atoms with E-state index in [9.17, 15) is 13.6 Å². The highest BCUT2D eigenvalue weighted by Gasteiger charge is 2.16. The molecule has 0 heterocycles. The van der Waals surface area contributed by atoms with Gasteiger partial charge in [-0.3, -0.25) is 4.79 Å². The molecule has 0 aliphatic carbocycles. The summed E-state index contributed by atoms with van der Waals surface area (Å²) in [4.78, 5) is 11.9. The van der Waals surface area contributed by atoms with Crippen LogP contribution in [-0.4, -0.2) is 23.5 Å². The van der Waals surface area contributed by atoms with Gasteiger partial charge in [0, 0.05) is 17.8 Å². The summed E-state index contributed by atoms with van der Waals surface area (Å²) in [5, 5.41) is 2.72. The number of benzene rings is 1. The number of hydrogen-bond acceptors (Lipinski definition) is 3. The first-order valence-corrected chi connectivity index (χ1v) is 7.24. The largest absolute Gasteiger partial charge is 0.398 e. The van der Waals surface area contributed by atoms with Crippen molar-refractivity contribution < 1.29 is 13.6 Å². The van der Waals surface area contributed by atoms with Gasteiger partial charge in [0.25, 0.3) is 5.91 Å². The van der Waals surface area contributed by atoms with Gasteiger partial charge in [-0.2, -0.15) is 11.8 Å². The third-order valence-corrected chi connectivity index (χ3v) is 3.55. The van der Waals surface area contributed by atoms with Crippen molar-refractivity contribution >= 4 is 23.4 Å². The average molecular weight is 288 g/mol. The molecule has 0 bridgehead atoms. The zero-order valence-electron chi connectivity index (χ0n) is 11.0. The third-order valence-electron chi connectivity index (χ3n) is 2.61. The molecule has 1 unspecified atom stereocenters. The summed E-state index contributed by atoms with van der Waals surface area (Å²) in [7, 11) is 0. The number of carbonyl (C=O) groups is 1. The molecule has 0 saturated carbocycles. The maximum absolute atomic E-state index is 13.1. The van der Waals surface area contributed by atoms with E-state index >= 15 is 0 Å². The molecule has 106 valence electrons. The van der Waals surface area contributed by atoms with Crippen molar-refractivity contribution in [3.8, 4) is 0 Å². The minimum atomic E-state index is -1.08. The SMILES string of the molecule is CCSCCC(C)NC(=O)c1cc(F)c(F)cc1N. The highest BCUT2D eigenvalue weighted by Crippen LogP contribution is 2.17. The van der Waals surface area contributed by atoms with Crippen LogP contribution in [0, 0.1) is 11.6 Å². The van der Waals surface area contributed by atoms with Crippen LogP contribution in [0.1, 0.15) is 30.6 Å². The quantitative estimate of drug-likeness (QED) is 0.625. The molecular formula is C13H18F2N2OS. The molecule has 3 N–H and O–H groups in total. The van der Waals surface area contributed by atoms with Gasteiger partial charge in [0.05, 0.1) is 5.56 Å². The van der Waals surface area contributed by atoms with Gasteiger partial charge in [0.2, 0.25) is 0 Å².